The highest BCUT2D eigenvalue weighted by molar-refractivity contribution is 5.40. The van der Waals surface area contributed by atoms with Gasteiger partial charge in [-0.15, -0.1) is 0 Å². The molecule has 0 aliphatic carbocycles. The number of hydrogen-bond acceptors (Lipinski definition) is 5. The summed E-state index contributed by atoms with van der Waals surface area (Å²) < 4.78 is 0. The molecule has 1 heterocycles. The van der Waals surface area contributed by atoms with E-state index in [1.165, 1.54) is 12.3 Å². The number of nitro groups is 1. The molecule has 6 heteroatoms. The molecule has 0 amide bonds. The van der Waals surface area contributed by atoms with Gasteiger partial charge in [0.2, 0.25) is 0 Å². The Hall–Kier alpha value is -1.69. The highest BCUT2D eigenvalue weighted by Gasteiger charge is 2.09. The largest absolute Gasteiger partial charge is 0.366 e. The Morgan fingerprint density at radius 2 is 2.24 bits per heavy atom. The van der Waals surface area contributed by atoms with Crippen molar-refractivity contribution < 1.29 is 4.92 Å². The quantitative estimate of drug-likeness (QED) is 0.603. The number of likely N-dealkylation sites (N-methyl/N-ethyl adjacent to an activating group) is 1. The zero-order valence-electron chi connectivity index (χ0n) is 10.4. The molecule has 0 radical (unpaired) electrons. The summed E-state index contributed by atoms with van der Waals surface area (Å²) in [7, 11) is 4.02. The van der Waals surface area contributed by atoms with Crippen molar-refractivity contribution in [2.45, 2.75) is 19.4 Å². The standard InChI is InChI=1S/C11H18N4O2/c1-4-9(8-14(2)3)13-11-6-5-10(7-12-11)15(16)17/h5-7,9H,4,8H2,1-3H3,(H,12,13)/t9-/m1/s1. The van der Waals surface area contributed by atoms with E-state index < -0.39 is 4.92 Å². The Bertz CT molecular complexity index is 364. The molecule has 6 nitrogen and oxygen atoms in total. The summed E-state index contributed by atoms with van der Waals surface area (Å²) in [5.74, 6) is 0.671. The Labute approximate surface area is 101 Å². The monoisotopic (exact) mass is 238 g/mol. The molecule has 1 aromatic rings. The molecular weight excluding hydrogens is 220 g/mol. The van der Waals surface area contributed by atoms with Crippen molar-refractivity contribution in [3.63, 3.8) is 0 Å². The third kappa shape index (κ3) is 4.36. The van der Waals surface area contributed by atoms with Gasteiger partial charge in [-0.05, 0) is 26.6 Å². The summed E-state index contributed by atoms with van der Waals surface area (Å²) in [4.78, 5) is 16.1. The van der Waals surface area contributed by atoms with Crippen LogP contribution in [0.15, 0.2) is 18.3 Å². The average molecular weight is 238 g/mol. The van der Waals surface area contributed by atoms with Crippen molar-refractivity contribution >= 4 is 11.5 Å². The van der Waals surface area contributed by atoms with Crippen molar-refractivity contribution in [3.8, 4) is 0 Å². The fourth-order valence-corrected chi connectivity index (χ4v) is 1.51. The molecule has 17 heavy (non-hydrogen) atoms. The van der Waals surface area contributed by atoms with Crippen LogP contribution >= 0.6 is 0 Å². The first-order chi connectivity index (χ1) is 8.02. The lowest BCUT2D eigenvalue weighted by atomic mass is 10.2. The van der Waals surface area contributed by atoms with Crippen LogP contribution in [0.5, 0.6) is 0 Å². The Kier molecular flexibility index (Phi) is 4.84. The van der Waals surface area contributed by atoms with E-state index in [2.05, 4.69) is 22.1 Å². The number of nitrogens with zero attached hydrogens (tertiary/aromatic N) is 3. The lowest BCUT2D eigenvalue weighted by Gasteiger charge is -2.21. The minimum Gasteiger partial charge on any atom is -0.366 e. The molecule has 0 bridgehead atoms. The van der Waals surface area contributed by atoms with Gasteiger partial charge in [-0.1, -0.05) is 6.92 Å². The first-order valence-corrected chi connectivity index (χ1v) is 5.54. The molecule has 1 rings (SSSR count). The molecule has 0 saturated carbocycles. The van der Waals surface area contributed by atoms with E-state index in [4.69, 9.17) is 0 Å². The molecule has 0 fully saturated rings. The molecule has 0 unspecified atom stereocenters. The predicted molar refractivity (Wildman–Crippen MR) is 67.1 cm³/mol. The second-order valence-corrected chi connectivity index (χ2v) is 4.17. The molecule has 0 aliphatic heterocycles. The van der Waals surface area contributed by atoms with E-state index in [-0.39, 0.29) is 5.69 Å². The fraction of sp³-hybridized carbons (Fsp3) is 0.545. The Morgan fingerprint density at radius 3 is 2.65 bits per heavy atom. The van der Waals surface area contributed by atoms with Crippen LogP contribution in [-0.4, -0.2) is 41.5 Å². The molecule has 1 N–H and O–H groups in total. The number of rotatable bonds is 6. The maximum absolute atomic E-state index is 10.5. The maximum Gasteiger partial charge on any atom is 0.287 e. The SMILES string of the molecule is CC[C@H](CN(C)C)Nc1ccc([N+](=O)[O-])cn1. The van der Waals surface area contributed by atoms with E-state index >= 15 is 0 Å². The van der Waals surface area contributed by atoms with Crippen molar-refractivity contribution in [2.75, 3.05) is 26.0 Å². The van der Waals surface area contributed by atoms with Crippen LogP contribution < -0.4 is 5.32 Å². The minimum absolute atomic E-state index is 0.0104. The van der Waals surface area contributed by atoms with E-state index in [9.17, 15) is 10.1 Å². The minimum atomic E-state index is -0.450. The lowest BCUT2D eigenvalue weighted by Crippen LogP contribution is -2.32. The van der Waals surface area contributed by atoms with E-state index in [0.717, 1.165) is 13.0 Å². The van der Waals surface area contributed by atoms with Gasteiger partial charge in [-0.25, -0.2) is 4.98 Å². The van der Waals surface area contributed by atoms with E-state index in [1.54, 1.807) is 6.07 Å². The van der Waals surface area contributed by atoms with Crippen molar-refractivity contribution in [3.05, 3.63) is 28.4 Å². The molecule has 1 aromatic heterocycles. The molecule has 0 spiro atoms. The van der Waals surface area contributed by atoms with Gasteiger partial charge in [0.25, 0.3) is 5.69 Å². The number of pyridine rings is 1. The smallest absolute Gasteiger partial charge is 0.287 e. The summed E-state index contributed by atoms with van der Waals surface area (Å²) in [5, 5.41) is 13.7. The average Bonchev–Trinajstić information content (AvgIpc) is 2.28. The summed E-state index contributed by atoms with van der Waals surface area (Å²) in [6.07, 6.45) is 2.24. The van der Waals surface area contributed by atoms with Gasteiger partial charge in [0.15, 0.2) is 0 Å². The fourth-order valence-electron chi connectivity index (χ4n) is 1.51. The first kappa shape index (κ1) is 13.4. The zero-order valence-corrected chi connectivity index (χ0v) is 10.4. The number of hydrogen-bond donors (Lipinski definition) is 1. The highest BCUT2D eigenvalue weighted by atomic mass is 16.6. The normalized spacial score (nSPS) is 12.5. The number of nitrogens with one attached hydrogen (secondary N) is 1. The van der Waals surface area contributed by atoms with Crippen molar-refractivity contribution in [1.29, 1.82) is 0 Å². The van der Waals surface area contributed by atoms with Crippen molar-refractivity contribution in [2.24, 2.45) is 0 Å². The summed E-state index contributed by atoms with van der Waals surface area (Å²) in [6.45, 7) is 2.99. The van der Waals surface area contributed by atoms with Gasteiger partial charge < -0.3 is 10.2 Å². The molecule has 0 aromatic carbocycles. The second kappa shape index (κ2) is 6.15. The van der Waals surface area contributed by atoms with Gasteiger partial charge in [0.1, 0.15) is 12.0 Å². The van der Waals surface area contributed by atoms with Gasteiger partial charge in [0.05, 0.1) is 4.92 Å². The van der Waals surface area contributed by atoms with Crippen LogP contribution in [0, 0.1) is 10.1 Å². The van der Waals surface area contributed by atoms with Crippen LogP contribution in [-0.2, 0) is 0 Å². The number of anilines is 1. The van der Waals surface area contributed by atoms with Crippen LogP contribution in [0.3, 0.4) is 0 Å². The van der Waals surface area contributed by atoms with Crippen molar-refractivity contribution in [1.82, 2.24) is 9.88 Å². The first-order valence-electron chi connectivity index (χ1n) is 5.54. The van der Waals surface area contributed by atoms with Gasteiger partial charge in [-0.2, -0.15) is 0 Å². The Balaban J connectivity index is 2.64. The zero-order chi connectivity index (χ0) is 12.8. The predicted octanol–water partition coefficient (Wildman–Crippen LogP) is 1.74. The van der Waals surface area contributed by atoms with E-state index in [1.807, 2.05) is 14.1 Å². The molecule has 0 aliphatic rings. The van der Waals surface area contributed by atoms with Crippen LogP contribution in [0.4, 0.5) is 11.5 Å². The summed E-state index contributed by atoms with van der Waals surface area (Å²) >= 11 is 0. The topological polar surface area (TPSA) is 71.3 Å². The molecule has 0 saturated heterocycles. The Morgan fingerprint density at radius 1 is 1.53 bits per heavy atom. The van der Waals surface area contributed by atoms with Crippen LogP contribution in [0.25, 0.3) is 0 Å². The second-order valence-electron chi connectivity index (χ2n) is 4.17. The third-order valence-corrected chi connectivity index (χ3v) is 2.39. The van der Waals surface area contributed by atoms with Gasteiger partial charge in [-0.3, -0.25) is 10.1 Å². The maximum atomic E-state index is 10.5. The third-order valence-electron chi connectivity index (χ3n) is 2.39. The van der Waals surface area contributed by atoms with E-state index in [0.29, 0.717) is 11.9 Å². The van der Waals surface area contributed by atoms with Crippen LogP contribution in [0.1, 0.15) is 13.3 Å². The molecule has 94 valence electrons. The molecular formula is C11H18N4O2. The lowest BCUT2D eigenvalue weighted by molar-refractivity contribution is -0.385. The number of aromatic nitrogens is 1. The molecule has 1 atom stereocenters. The van der Waals surface area contributed by atoms with Crippen LogP contribution in [0.2, 0.25) is 0 Å². The summed E-state index contributed by atoms with van der Waals surface area (Å²) in [6, 6.07) is 3.38. The van der Waals surface area contributed by atoms with Gasteiger partial charge in [0, 0.05) is 18.7 Å². The highest BCUT2D eigenvalue weighted by Crippen LogP contribution is 2.13. The van der Waals surface area contributed by atoms with Gasteiger partial charge >= 0.3 is 0 Å². The summed E-state index contributed by atoms with van der Waals surface area (Å²) in [5.41, 5.74) is 0.0104.